The number of halogens is 1. The molecule has 136 valence electrons. The van der Waals surface area contributed by atoms with Gasteiger partial charge in [0.25, 0.3) is 0 Å². The van der Waals surface area contributed by atoms with Crippen LogP contribution in [0.2, 0.25) is 0 Å². The number of hydrogen-bond donors (Lipinski definition) is 2. The van der Waals surface area contributed by atoms with Gasteiger partial charge in [-0.05, 0) is 66.6 Å². The van der Waals surface area contributed by atoms with E-state index in [-0.39, 0.29) is 12.4 Å². The van der Waals surface area contributed by atoms with Gasteiger partial charge in [-0.15, -0.1) is 12.4 Å². The van der Waals surface area contributed by atoms with Gasteiger partial charge >= 0.3 is 0 Å². The van der Waals surface area contributed by atoms with Crippen molar-refractivity contribution >= 4 is 22.4 Å². The van der Waals surface area contributed by atoms with Crippen LogP contribution in [0.15, 0.2) is 29.2 Å². The summed E-state index contributed by atoms with van der Waals surface area (Å²) in [5.41, 5.74) is 7.19. The van der Waals surface area contributed by atoms with Crippen LogP contribution in [-0.2, 0) is 29.7 Å². The van der Waals surface area contributed by atoms with E-state index in [0.717, 1.165) is 40.9 Å². The summed E-state index contributed by atoms with van der Waals surface area (Å²) in [4.78, 5) is 0.419. The standard InChI is InChI=1S/C19H24N2O2S.ClH/c1-12-7-13(2)15(4)19(14(12)3)24(22,23)21-9-16-5-6-17-10-20-11-18(17)8-16;/h5-8,20-21H,9-11H2,1-4H3;1H. The van der Waals surface area contributed by atoms with Gasteiger partial charge in [0.2, 0.25) is 10.0 Å². The van der Waals surface area contributed by atoms with E-state index in [9.17, 15) is 8.42 Å². The van der Waals surface area contributed by atoms with Crippen LogP contribution < -0.4 is 10.0 Å². The van der Waals surface area contributed by atoms with Gasteiger partial charge in [0, 0.05) is 19.6 Å². The summed E-state index contributed by atoms with van der Waals surface area (Å²) < 4.78 is 28.5. The SMILES string of the molecule is Cc1cc(C)c(C)c(S(=O)(=O)NCc2ccc3c(c2)CNC3)c1C.Cl. The van der Waals surface area contributed by atoms with Crippen LogP contribution >= 0.6 is 12.4 Å². The second kappa shape index (κ2) is 7.46. The zero-order valence-electron chi connectivity index (χ0n) is 15.1. The zero-order valence-corrected chi connectivity index (χ0v) is 16.7. The maximum Gasteiger partial charge on any atom is 0.241 e. The lowest BCUT2D eigenvalue weighted by Gasteiger charge is -2.16. The van der Waals surface area contributed by atoms with E-state index in [0.29, 0.717) is 11.4 Å². The molecule has 6 heteroatoms. The summed E-state index contributed by atoms with van der Waals surface area (Å²) in [6, 6.07) is 8.19. The topological polar surface area (TPSA) is 58.2 Å². The molecule has 0 saturated carbocycles. The van der Waals surface area contributed by atoms with Crippen LogP contribution in [0.25, 0.3) is 0 Å². The molecule has 2 aromatic carbocycles. The molecular weight excluding hydrogens is 356 g/mol. The Balaban J connectivity index is 0.00000225. The molecule has 25 heavy (non-hydrogen) atoms. The van der Waals surface area contributed by atoms with Gasteiger partial charge in [0.1, 0.15) is 0 Å². The summed E-state index contributed by atoms with van der Waals surface area (Å²) >= 11 is 0. The molecule has 0 amide bonds. The molecule has 0 spiro atoms. The molecule has 1 aliphatic heterocycles. The molecule has 0 saturated heterocycles. The highest BCUT2D eigenvalue weighted by molar-refractivity contribution is 7.89. The van der Waals surface area contributed by atoms with Crippen molar-refractivity contribution in [2.75, 3.05) is 0 Å². The molecule has 0 radical (unpaired) electrons. The van der Waals surface area contributed by atoms with Crippen LogP contribution in [0.3, 0.4) is 0 Å². The Hall–Kier alpha value is -1.40. The molecule has 0 aromatic heterocycles. The van der Waals surface area contributed by atoms with Crippen LogP contribution in [-0.4, -0.2) is 8.42 Å². The Labute approximate surface area is 156 Å². The lowest BCUT2D eigenvalue weighted by atomic mass is 10.0. The Morgan fingerprint density at radius 1 is 0.960 bits per heavy atom. The van der Waals surface area contributed by atoms with Gasteiger partial charge in [-0.1, -0.05) is 24.3 Å². The fourth-order valence-corrected chi connectivity index (χ4v) is 4.92. The first kappa shape index (κ1) is 19.9. The van der Waals surface area contributed by atoms with Crippen LogP contribution in [0, 0.1) is 27.7 Å². The van der Waals surface area contributed by atoms with E-state index in [4.69, 9.17) is 0 Å². The lowest BCUT2D eigenvalue weighted by Crippen LogP contribution is -2.25. The smallest absolute Gasteiger partial charge is 0.241 e. The average Bonchev–Trinajstić information content (AvgIpc) is 2.99. The molecule has 1 aliphatic rings. The van der Waals surface area contributed by atoms with Crippen LogP contribution in [0.1, 0.15) is 38.9 Å². The van der Waals surface area contributed by atoms with Gasteiger partial charge < -0.3 is 5.32 Å². The van der Waals surface area contributed by atoms with Crippen molar-refractivity contribution in [1.29, 1.82) is 0 Å². The third kappa shape index (κ3) is 3.90. The highest BCUT2D eigenvalue weighted by Crippen LogP contribution is 2.26. The Bertz CT molecular complexity index is 882. The van der Waals surface area contributed by atoms with Crippen molar-refractivity contribution in [3.8, 4) is 0 Å². The second-order valence-corrected chi connectivity index (χ2v) is 8.32. The first-order valence-electron chi connectivity index (χ1n) is 8.18. The van der Waals surface area contributed by atoms with E-state index in [1.54, 1.807) is 0 Å². The predicted molar refractivity (Wildman–Crippen MR) is 104 cm³/mol. The maximum absolute atomic E-state index is 12.9. The van der Waals surface area contributed by atoms with E-state index < -0.39 is 10.0 Å². The highest BCUT2D eigenvalue weighted by atomic mass is 35.5. The lowest BCUT2D eigenvalue weighted by molar-refractivity contribution is 0.579. The summed E-state index contributed by atoms with van der Waals surface area (Å²) in [5, 5.41) is 3.30. The zero-order chi connectivity index (χ0) is 17.5. The molecule has 0 aliphatic carbocycles. The average molecular weight is 381 g/mol. The highest BCUT2D eigenvalue weighted by Gasteiger charge is 2.22. The molecule has 3 rings (SSSR count). The van der Waals surface area contributed by atoms with Crippen molar-refractivity contribution in [1.82, 2.24) is 10.0 Å². The molecule has 2 aromatic rings. The van der Waals surface area contributed by atoms with E-state index in [2.05, 4.69) is 22.2 Å². The Morgan fingerprint density at radius 3 is 2.20 bits per heavy atom. The largest absolute Gasteiger partial charge is 0.309 e. The van der Waals surface area contributed by atoms with E-state index >= 15 is 0 Å². The number of aryl methyl sites for hydroxylation is 2. The summed E-state index contributed by atoms with van der Waals surface area (Å²) in [7, 11) is -3.54. The maximum atomic E-state index is 12.9. The van der Waals surface area contributed by atoms with Crippen molar-refractivity contribution < 1.29 is 8.42 Å². The van der Waals surface area contributed by atoms with Gasteiger partial charge in [-0.2, -0.15) is 0 Å². The van der Waals surface area contributed by atoms with Gasteiger partial charge in [0.15, 0.2) is 0 Å². The van der Waals surface area contributed by atoms with Crippen molar-refractivity contribution in [2.45, 2.75) is 52.2 Å². The number of sulfonamides is 1. The van der Waals surface area contributed by atoms with Gasteiger partial charge in [0.05, 0.1) is 4.90 Å². The predicted octanol–water partition coefficient (Wildman–Crippen LogP) is 3.42. The minimum Gasteiger partial charge on any atom is -0.309 e. The molecule has 0 unspecified atom stereocenters. The van der Waals surface area contributed by atoms with E-state index in [1.165, 1.54) is 11.1 Å². The Morgan fingerprint density at radius 2 is 1.56 bits per heavy atom. The van der Waals surface area contributed by atoms with Gasteiger partial charge in [-0.25, -0.2) is 13.1 Å². The fourth-order valence-electron chi connectivity index (χ4n) is 3.29. The molecule has 1 heterocycles. The summed E-state index contributed by atoms with van der Waals surface area (Å²) in [6.07, 6.45) is 0. The number of rotatable bonds is 4. The molecule has 2 N–H and O–H groups in total. The third-order valence-corrected chi connectivity index (χ3v) is 6.61. The number of benzene rings is 2. The first-order chi connectivity index (χ1) is 11.3. The normalized spacial score (nSPS) is 13.4. The van der Waals surface area contributed by atoms with Crippen molar-refractivity contribution in [2.24, 2.45) is 0 Å². The van der Waals surface area contributed by atoms with Crippen molar-refractivity contribution in [3.05, 3.63) is 63.2 Å². The van der Waals surface area contributed by atoms with Crippen LogP contribution in [0.4, 0.5) is 0 Å². The first-order valence-corrected chi connectivity index (χ1v) is 9.66. The van der Waals surface area contributed by atoms with Crippen LogP contribution in [0.5, 0.6) is 0 Å². The van der Waals surface area contributed by atoms with Gasteiger partial charge in [-0.3, -0.25) is 0 Å². The summed E-state index contributed by atoms with van der Waals surface area (Å²) in [6.45, 7) is 9.70. The fraction of sp³-hybridized carbons (Fsp3) is 0.368. The quantitative estimate of drug-likeness (QED) is 0.854. The molecule has 0 fully saturated rings. The summed E-state index contributed by atoms with van der Waals surface area (Å²) in [5.74, 6) is 0. The minimum absolute atomic E-state index is 0. The van der Waals surface area contributed by atoms with E-state index in [1.807, 2.05) is 39.8 Å². The second-order valence-electron chi connectivity index (χ2n) is 6.62. The van der Waals surface area contributed by atoms with Crippen molar-refractivity contribution in [3.63, 3.8) is 0 Å². The molecular formula is C19H25ClN2O2S. The molecule has 0 atom stereocenters. The number of nitrogens with one attached hydrogen (secondary N) is 2. The molecule has 0 bridgehead atoms. The third-order valence-electron chi connectivity index (χ3n) is 4.93. The minimum atomic E-state index is -3.54. The monoisotopic (exact) mass is 380 g/mol. The number of hydrogen-bond acceptors (Lipinski definition) is 3. The Kier molecular flexibility index (Phi) is 5.94. The molecule has 4 nitrogen and oxygen atoms in total. The number of fused-ring (bicyclic) bond motifs is 1.